The summed E-state index contributed by atoms with van der Waals surface area (Å²) < 4.78 is 47.5. The smallest absolute Gasteiger partial charge is 0.328 e. The van der Waals surface area contributed by atoms with Gasteiger partial charge in [-0.25, -0.2) is 17.6 Å². The SMILES string of the molecule is COC(=O)[C@@H](CC(C)C)NC(=O)CCCC(C)N(c1cc(Cl)ccc1F)S(=O)(=O)c1ccccc1. The molecule has 0 aliphatic carbocycles. The van der Waals surface area contributed by atoms with Crippen molar-refractivity contribution < 1.29 is 27.1 Å². The highest BCUT2D eigenvalue weighted by Gasteiger charge is 2.31. The summed E-state index contributed by atoms with van der Waals surface area (Å²) in [7, 11) is -2.85. The van der Waals surface area contributed by atoms with Gasteiger partial charge >= 0.3 is 5.97 Å². The van der Waals surface area contributed by atoms with Crippen molar-refractivity contribution in [1.29, 1.82) is 0 Å². The first kappa shape index (κ1) is 28.6. The molecule has 35 heavy (non-hydrogen) atoms. The van der Waals surface area contributed by atoms with Gasteiger partial charge in [0.1, 0.15) is 11.9 Å². The third-order valence-electron chi connectivity index (χ3n) is 5.40. The predicted octanol–water partition coefficient (Wildman–Crippen LogP) is 4.94. The molecule has 0 aromatic heterocycles. The highest BCUT2D eigenvalue weighted by Crippen LogP contribution is 2.32. The number of benzene rings is 2. The third kappa shape index (κ3) is 7.93. The fraction of sp³-hybridized carbons (Fsp3) is 0.440. The quantitative estimate of drug-likeness (QED) is 0.395. The lowest BCUT2D eigenvalue weighted by atomic mass is 10.0. The molecule has 2 aromatic carbocycles. The van der Waals surface area contributed by atoms with Gasteiger partial charge in [-0.2, -0.15) is 0 Å². The monoisotopic (exact) mass is 526 g/mol. The second-order valence-electron chi connectivity index (χ2n) is 8.72. The molecule has 0 aliphatic rings. The van der Waals surface area contributed by atoms with Gasteiger partial charge in [0.2, 0.25) is 5.91 Å². The van der Waals surface area contributed by atoms with Gasteiger partial charge in [0.15, 0.2) is 0 Å². The van der Waals surface area contributed by atoms with Crippen LogP contribution in [0.15, 0.2) is 53.4 Å². The summed E-state index contributed by atoms with van der Waals surface area (Å²) >= 11 is 6.05. The Hall–Kier alpha value is -2.65. The molecule has 10 heteroatoms. The van der Waals surface area contributed by atoms with E-state index >= 15 is 0 Å². The second-order valence-corrected chi connectivity index (χ2v) is 11.0. The van der Waals surface area contributed by atoms with Crippen LogP contribution in [0.25, 0.3) is 0 Å². The summed E-state index contributed by atoms with van der Waals surface area (Å²) in [4.78, 5) is 24.4. The molecule has 7 nitrogen and oxygen atoms in total. The number of amides is 1. The van der Waals surface area contributed by atoms with Crippen molar-refractivity contribution in [2.24, 2.45) is 5.92 Å². The minimum absolute atomic E-state index is 0.0126. The molecule has 0 aliphatic heterocycles. The summed E-state index contributed by atoms with van der Waals surface area (Å²) in [5, 5.41) is 2.88. The number of esters is 1. The minimum atomic E-state index is -4.12. The fourth-order valence-electron chi connectivity index (χ4n) is 3.73. The molecule has 192 valence electrons. The minimum Gasteiger partial charge on any atom is -0.467 e. The van der Waals surface area contributed by atoms with Crippen LogP contribution in [0.5, 0.6) is 0 Å². The highest BCUT2D eigenvalue weighted by atomic mass is 35.5. The summed E-state index contributed by atoms with van der Waals surface area (Å²) in [6, 6.07) is 10.0. The summed E-state index contributed by atoms with van der Waals surface area (Å²) in [6.45, 7) is 5.51. The van der Waals surface area contributed by atoms with Crippen LogP contribution < -0.4 is 9.62 Å². The molecule has 0 radical (unpaired) electrons. The zero-order valence-corrected chi connectivity index (χ0v) is 21.9. The molecular formula is C25H32ClFN2O5S. The van der Waals surface area contributed by atoms with Crippen molar-refractivity contribution >= 4 is 39.2 Å². The normalized spacial score (nSPS) is 13.2. The summed E-state index contributed by atoms with van der Waals surface area (Å²) in [5.41, 5.74) is -0.166. The van der Waals surface area contributed by atoms with Gasteiger partial charge in [0, 0.05) is 17.5 Å². The van der Waals surface area contributed by atoms with E-state index in [1.807, 2.05) is 13.8 Å². The van der Waals surface area contributed by atoms with E-state index < -0.39 is 33.9 Å². The number of carbonyl (C=O) groups excluding carboxylic acids is 2. The molecule has 2 aromatic rings. The number of carbonyl (C=O) groups is 2. The fourth-order valence-corrected chi connectivity index (χ4v) is 5.61. The first-order valence-corrected chi connectivity index (χ1v) is 13.2. The van der Waals surface area contributed by atoms with Gasteiger partial charge in [-0.1, -0.05) is 43.6 Å². The van der Waals surface area contributed by atoms with Crippen LogP contribution in [0, 0.1) is 11.7 Å². The van der Waals surface area contributed by atoms with Crippen molar-refractivity contribution in [1.82, 2.24) is 5.32 Å². The lowest BCUT2D eigenvalue weighted by Gasteiger charge is -2.31. The van der Waals surface area contributed by atoms with Crippen LogP contribution in [-0.2, 0) is 24.3 Å². The molecule has 0 saturated carbocycles. The average Bonchev–Trinajstić information content (AvgIpc) is 2.80. The summed E-state index contributed by atoms with van der Waals surface area (Å²) in [6.07, 6.45) is 1.07. The van der Waals surface area contributed by atoms with Crippen LogP contribution in [0.4, 0.5) is 10.1 Å². The molecule has 1 unspecified atom stereocenters. The average molecular weight is 527 g/mol. The molecule has 1 N–H and O–H groups in total. The molecule has 1 amide bonds. The maximum absolute atomic E-state index is 14.8. The first-order valence-electron chi connectivity index (χ1n) is 11.4. The number of anilines is 1. The molecular weight excluding hydrogens is 495 g/mol. The van der Waals surface area contributed by atoms with Crippen molar-refractivity contribution in [3.05, 3.63) is 59.4 Å². The van der Waals surface area contributed by atoms with Gasteiger partial charge in [0.05, 0.1) is 17.7 Å². The van der Waals surface area contributed by atoms with Crippen molar-refractivity contribution in [3.8, 4) is 0 Å². The Morgan fingerprint density at radius 2 is 1.77 bits per heavy atom. The first-order chi connectivity index (χ1) is 16.5. The number of halogens is 2. The van der Waals surface area contributed by atoms with Gasteiger partial charge in [-0.05, 0) is 62.4 Å². The van der Waals surface area contributed by atoms with Gasteiger partial charge in [-0.3, -0.25) is 9.10 Å². The maximum atomic E-state index is 14.8. The van der Waals surface area contributed by atoms with E-state index in [0.717, 1.165) is 10.4 Å². The number of hydrogen-bond acceptors (Lipinski definition) is 5. The van der Waals surface area contributed by atoms with E-state index in [0.29, 0.717) is 12.8 Å². The number of nitrogens with one attached hydrogen (secondary N) is 1. The number of hydrogen-bond donors (Lipinski definition) is 1. The Labute approximate surface area is 211 Å². The van der Waals surface area contributed by atoms with E-state index in [-0.39, 0.29) is 40.3 Å². The zero-order chi connectivity index (χ0) is 26.2. The molecule has 0 heterocycles. The van der Waals surface area contributed by atoms with Crippen LogP contribution in [0.1, 0.15) is 46.5 Å². The molecule has 2 rings (SSSR count). The summed E-state index contributed by atoms with van der Waals surface area (Å²) in [5.74, 6) is -1.42. The Balaban J connectivity index is 2.19. The number of rotatable bonds is 12. The molecule has 0 saturated heterocycles. The van der Waals surface area contributed by atoms with E-state index in [2.05, 4.69) is 5.32 Å². The topological polar surface area (TPSA) is 92.8 Å². The zero-order valence-electron chi connectivity index (χ0n) is 20.3. The predicted molar refractivity (Wildman–Crippen MR) is 134 cm³/mol. The second kappa shape index (κ2) is 12.9. The Morgan fingerprint density at radius 3 is 2.37 bits per heavy atom. The van der Waals surface area contributed by atoms with Gasteiger partial charge in [-0.15, -0.1) is 0 Å². The van der Waals surface area contributed by atoms with Gasteiger partial charge < -0.3 is 10.1 Å². The molecule has 2 atom stereocenters. The van der Waals surface area contributed by atoms with Crippen molar-refractivity contribution in [2.45, 2.75) is 63.4 Å². The molecule has 0 spiro atoms. The highest BCUT2D eigenvalue weighted by molar-refractivity contribution is 7.92. The third-order valence-corrected chi connectivity index (χ3v) is 7.58. The van der Waals surface area contributed by atoms with Crippen LogP contribution >= 0.6 is 11.6 Å². The number of methoxy groups -OCH3 is 1. The van der Waals surface area contributed by atoms with E-state index in [1.54, 1.807) is 25.1 Å². The molecule has 0 bridgehead atoms. The van der Waals surface area contributed by atoms with Crippen LogP contribution in [0.2, 0.25) is 5.02 Å². The standard InChI is InChI=1S/C25H32ClFN2O5S/c1-17(2)15-22(25(31)34-4)28-24(30)12-8-9-18(3)29(23-16-19(26)13-14-21(23)27)35(32,33)20-10-6-5-7-11-20/h5-7,10-11,13-14,16-18,22H,8-9,12,15H2,1-4H3,(H,28,30)/t18?,22-/m1/s1. The Kier molecular flexibility index (Phi) is 10.5. The number of ether oxygens (including phenoxy) is 1. The van der Waals surface area contributed by atoms with Crippen LogP contribution in [0.3, 0.4) is 0 Å². The number of sulfonamides is 1. The Bertz CT molecular complexity index is 1110. The lowest BCUT2D eigenvalue weighted by molar-refractivity contribution is -0.145. The van der Waals surface area contributed by atoms with E-state index in [9.17, 15) is 22.4 Å². The molecule has 0 fully saturated rings. The van der Waals surface area contributed by atoms with Crippen molar-refractivity contribution in [2.75, 3.05) is 11.4 Å². The largest absolute Gasteiger partial charge is 0.467 e. The Morgan fingerprint density at radius 1 is 1.11 bits per heavy atom. The van der Waals surface area contributed by atoms with Crippen LogP contribution in [-0.4, -0.2) is 39.5 Å². The number of nitrogens with zero attached hydrogens (tertiary/aromatic N) is 1. The van der Waals surface area contributed by atoms with Gasteiger partial charge in [0.25, 0.3) is 10.0 Å². The maximum Gasteiger partial charge on any atom is 0.328 e. The van der Waals surface area contributed by atoms with Crippen molar-refractivity contribution in [3.63, 3.8) is 0 Å². The van der Waals surface area contributed by atoms with E-state index in [4.69, 9.17) is 16.3 Å². The van der Waals surface area contributed by atoms with E-state index in [1.165, 1.54) is 31.4 Å². The lowest BCUT2D eigenvalue weighted by Crippen LogP contribution is -2.42.